The zero-order valence-electron chi connectivity index (χ0n) is 65.1. The Morgan fingerprint density at radius 3 is 0.439 bits per heavy atom. The zero-order chi connectivity index (χ0) is 91.9. The molecule has 0 saturated carbocycles. The first-order valence-electron chi connectivity index (χ1n) is 38.7. The Hall–Kier alpha value is -11.1. The second-order valence-corrected chi connectivity index (χ2v) is 42.3. The van der Waals surface area contributed by atoms with E-state index >= 15 is 87.8 Å². The summed E-state index contributed by atoms with van der Waals surface area (Å²) < 4.78 is 338. The highest BCUT2D eigenvalue weighted by atomic mass is 35.6. The number of fused-ring (bicyclic) bond motifs is 21. The van der Waals surface area contributed by atoms with E-state index in [1.54, 1.807) is 170 Å². The fraction of sp³-hybridized carbons (Fsp3) is 0.0101. The molecule has 0 amide bonds. The SMILES string of the molecule is ClC(Cl)Cl.Fc1c(F)c(F)c(-c2c3ccc(s3)c(-c3ccccc3)c3ccc(s3)c(-c3ccccc3)c3ccc(s3)c(-c3c(F)c(F)c(F)c(F)c3F)c3cc4c5cc2sc5c2c5sc6cc5c5cc(sc5c2c4s3)c(-c2c(F)c(F)c(F)c(F)c2F)c2ccc(s2)c(-c2ccccc2)c2ccc(s2)c(-c2ccccc2)c2ccc(s2)c6-c2c(F)c(F)c(F)c(F)c2F)c(F)c1F. The summed E-state index contributed by atoms with van der Waals surface area (Å²) >= 11 is 22.9. The molecule has 22 aromatic rings. The van der Waals surface area contributed by atoms with Gasteiger partial charge in [-0.3, -0.25) is 0 Å². The molecule has 10 aromatic carbocycles. The molecule has 12 heterocycles. The molecule has 0 atom stereocenters. The molecule has 0 aliphatic carbocycles. The Bertz CT molecular complexity index is 7840. The maximum atomic E-state index is 17.7. The van der Waals surface area contributed by atoms with E-state index in [9.17, 15) is 0 Å². The van der Waals surface area contributed by atoms with E-state index in [1.165, 1.54) is 71.2 Å². The van der Waals surface area contributed by atoms with Gasteiger partial charge >= 0.3 is 0 Å². The molecule has 0 aliphatic heterocycles. The first-order chi connectivity index (χ1) is 63.5. The number of hydrogen-bond donors (Lipinski definition) is 0. The zero-order valence-corrected chi connectivity index (χ0v) is 75.6. The normalized spacial score (nSPS) is 12.0. The quantitative estimate of drug-likeness (QED) is 0.0616. The Morgan fingerprint density at radius 2 is 0.288 bits per heavy atom. The second-order valence-electron chi connectivity index (χ2n) is 29.6. The lowest BCUT2D eigenvalue weighted by molar-refractivity contribution is 0.381. The van der Waals surface area contributed by atoms with Crippen LogP contribution in [0.1, 0.15) is 0 Å². The Kier molecular flexibility index (Phi) is 22.4. The minimum Gasteiger partial charge on any atom is -0.203 e. The van der Waals surface area contributed by atoms with Crippen LogP contribution in [0.15, 0.2) is 218 Å². The summed E-state index contributed by atoms with van der Waals surface area (Å²) in [7, 11) is 0. The van der Waals surface area contributed by atoms with E-state index in [1.807, 2.05) is 0 Å². The van der Waals surface area contributed by atoms with Crippen LogP contribution in [0.4, 0.5) is 87.8 Å². The molecule has 0 nitrogen and oxygen atoms in total. The van der Waals surface area contributed by atoms with Crippen LogP contribution in [0.25, 0.3) is 215 Å². The van der Waals surface area contributed by atoms with Gasteiger partial charge in [-0.2, -0.15) is 0 Å². The van der Waals surface area contributed by atoms with Crippen molar-refractivity contribution in [1.29, 1.82) is 0 Å². The number of benzene rings is 10. The van der Waals surface area contributed by atoms with Crippen molar-refractivity contribution in [1.82, 2.24) is 0 Å². The summed E-state index contributed by atoms with van der Waals surface area (Å²) in [6.45, 7) is 0. The van der Waals surface area contributed by atoms with Crippen molar-refractivity contribution in [3.63, 3.8) is 0 Å². The van der Waals surface area contributed by atoms with Gasteiger partial charge in [0.25, 0.3) is 0 Å². The maximum absolute atomic E-state index is 17.7. The first-order valence-corrected chi connectivity index (χ1v) is 48.2. The van der Waals surface area contributed by atoms with Gasteiger partial charge in [-0.1, -0.05) is 156 Å². The highest BCUT2D eigenvalue weighted by molar-refractivity contribution is 7.34. The number of alkyl halides is 3. The Morgan fingerprint density at radius 1 is 0.152 bits per heavy atom. The molecule has 0 unspecified atom stereocenters. The molecule has 654 valence electrons. The fourth-order valence-electron chi connectivity index (χ4n) is 16.7. The standard InChI is InChI=1S/C98H36F20S10.CHCl3/c99-75-69(76(100)84(108)91(115)83(75)107)65-53-29-25-49(121-53)61(37-13-5-1-6-14-37)45-21-22-46(119-45)62(38-15-7-2-8-16-38)50-26-30-54(122-50)66(70-77(101)85(109)92(116)86(110)78(70)102)58-34-42-41-33-57(65)125-95(41)73-74(96(42)126-58)98-44-36-60(128-98)68(72-81(105)89(113)94(118)90(114)82(72)106)56-32-28-52(124-56)64(40-19-11-4-12-20-40)48-24-23-47(120-48)63(39-17-9-3-10-18-39)51-27-31-55(123-51)67(59-35-43(44)97(73)127-59)71-79(103)87(111)93(117)88(112)80(71)104;2-1(3)4/h1-36H;1H. The van der Waals surface area contributed by atoms with Gasteiger partial charge in [0, 0.05) is 171 Å². The summed E-state index contributed by atoms with van der Waals surface area (Å²) in [5.41, 5.74) is -4.35. The second kappa shape index (κ2) is 33.8. The highest BCUT2D eigenvalue weighted by Crippen LogP contribution is 2.59. The third-order valence-corrected chi connectivity index (χ3v) is 33.7. The molecule has 0 radical (unpaired) electrons. The largest absolute Gasteiger partial charge is 0.203 e. The average molecular weight is 2030 g/mol. The van der Waals surface area contributed by atoms with E-state index < -0.39 is 165 Å². The van der Waals surface area contributed by atoms with Crippen LogP contribution in [0.5, 0.6) is 0 Å². The summed E-state index contributed by atoms with van der Waals surface area (Å²) in [4.78, 5) is 0. The minimum absolute atomic E-state index is 0.0710. The predicted octanol–water partition coefficient (Wildman–Crippen LogP) is 38.8. The van der Waals surface area contributed by atoms with Crippen molar-refractivity contribution in [2.45, 2.75) is 4.30 Å². The summed E-state index contributed by atoms with van der Waals surface area (Å²) in [6, 6.07) is 59.2. The molecule has 33 heteroatoms. The Labute approximate surface area is 783 Å². The molecular weight excluding hydrogens is 2000 g/mol. The van der Waals surface area contributed by atoms with Gasteiger partial charge < -0.3 is 0 Å². The molecule has 0 fully saturated rings. The van der Waals surface area contributed by atoms with Gasteiger partial charge in [0.2, 0.25) is 23.3 Å². The fourth-order valence-corrected chi connectivity index (χ4v) is 29.5. The van der Waals surface area contributed by atoms with E-state index in [-0.39, 0.29) is 88.7 Å². The lowest BCUT2D eigenvalue weighted by Gasteiger charge is -2.09. The molecule has 0 saturated heterocycles. The molecule has 20 bridgehead atoms. The molecular formula is C99H37Cl3F20S10. The lowest BCUT2D eigenvalue weighted by atomic mass is 9.98. The molecule has 12 aromatic heterocycles. The Balaban J connectivity index is 0.00000258. The van der Waals surface area contributed by atoms with E-state index in [0.717, 1.165) is 45.3 Å². The monoisotopic (exact) mass is 2030 g/mol. The summed E-state index contributed by atoms with van der Waals surface area (Å²) in [5.74, 6) is -47.7. The van der Waals surface area contributed by atoms with E-state index in [0.29, 0.717) is 127 Å². The molecule has 22 rings (SSSR count). The number of thiophene rings is 10. The number of rotatable bonds is 8. The van der Waals surface area contributed by atoms with Crippen molar-refractivity contribution < 1.29 is 87.8 Å². The topological polar surface area (TPSA) is 0 Å². The third-order valence-electron chi connectivity index (χ3n) is 22.3. The van der Waals surface area contributed by atoms with Crippen LogP contribution in [-0.4, -0.2) is 4.30 Å². The smallest absolute Gasteiger partial charge is 0.200 e. The molecule has 0 aliphatic rings. The van der Waals surface area contributed by atoms with Crippen LogP contribution >= 0.6 is 148 Å². The van der Waals surface area contributed by atoms with Crippen molar-refractivity contribution in [2.75, 3.05) is 0 Å². The third kappa shape index (κ3) is 14.1. The minimum atomic E-state index is -2.54. The van der Waals surface area contributed by atoms with Crippen molar-refractivity contribution in [2.24, 2.45) is 0 Å². The van der Waals surface area contributed by atoms with Crippen LogP contribution < -0.4 is 0 Å². The first kappa shape index (κ1) is 87.6. The van der Waals surface area contributed by atoms with Gasteiger partial charge in [-0.05, 0) is 119 Å². The van der Waals surface area contributed by atoms with E-state index in [2.05, 4.69) is 0 Å². The van der Waals surface area contributed by atoms with Gasteiger partial charge in [0.1, 0.15) is 0 Å². The van der Waals surface area contributed by atoms with Crippen LogP contribution in [0.2, 0.25) is 0 Å². The maximum Gasteiger partial charge on any atom is 0.200 e. The summed E-state index contributed by atoms with van der Waals surface area (Å²) in [5, 5.41) is -0.462. The van der Waals surface area contributed by atoms with Crippen molar-refractivity contribution in [3.05, 3.63) is 335 Å². The van der Waals surface area contributed by atoms with Gasteiger partial charge in [-0.15, -0.1) is 113 Å². The average Bonchev–Trinajstić information content (AvgIpc) is 1.52. The van der Waals surface area contributed by atoms with Gasteiger partial charge in [0.05, 0.1) is 22.3 Å². The van der Waals surface area contributed by atoms with Crippen LogP contribution in [0.3, 0.4) is 0 Å². The summed E-state index contributed by atoms with van der Waals surface area (Å²) in [6.07, 6.45) is 0. The van der Waals surface area contributed by atoms with Crippen molar-refractivity contribution in [3.8, 4) is 89.0 Å². The van der Waals surface area contributed by atoms with Gasteiger partial charge in [0.15, 0.2) is 97.4 Å². The molecule has 0 spiro atoms. The molecule has 0 N–H and O–H groups in total. The lowest BCUT2D eigenvalue weighted by Crippen LogP contribution is -2.03. The van der Waals surface area contributed by atoms with Gasteiger partial charge in [-0.25, -0.2) is 87.8 Å². The highest BCUT2D eigenvalue weighted by Gasteiger charge is 2.37. The number of hydrogen-bond acceptors (Lipinski definition) is 10. The molecule has 132 heavy (non-hydrogen) atoms. The van der Waals surface area contributed by atoms with Crippen LogP contribution in [0, 0.1) is 116 Å². The van der Waals surface area contributed by atoms with Crippen LogP contribution in [-0.2, 0) is 0 Å². The predicted molar refractivity (Wildman–Crippen MR) is 510 cm³/mol. The van der Waals surface area contributed by atoms with E-state index in [4.69, 9.17) is 34.8 Å². The van der Waals surface area contributed by atoms with Crippen molar-refractivity contribution >= 4 is 274 Å². The number of halogens is 23.